The van der Waals surface area contributed by atoms with Crippen LogP contribution in [0.15, 0.2) is 11.3 Å². The van der Waals surface area contributed by atoms with E-state index in [4.69, 9.17) is 8.76 Å². The van der Waals surface area contributed by atoms with Crippen LogP contribution in [0.2, 0.25) is 2.82 Å². The quantitative estimate of drug-likeness (QED) is 0.700. The first-order valence-electron chi connectivity index (χ1n) is 7.70. The molecule has 0 aromatic rings. The lowest BCUT2D eigenvalue weighted by Crippen LogP contribution is -2.16. The summed E-state index contributed by atoms with van der Waals surface area (Å²) in [6.07, 6.45) is 0. The maximum absolute atomic E-state index is 7.42. The highest BCUT2D eigenvalue weighted by Gasteiger charge is 2.13. The standard InChI is InChI=1S/C11H23N.2H2/c1-7(2)10(8(3)4)11(12)9(5)6;;/h7-9H,12H2,1-6H3;2*1H/i;2*1+1D/hD2. The van der Waals surface area contributed by atoms with Gasteiger partial charge in [0.15, 0.2) is 2.82 Å². The second-order valence-corrected chi connectivity index (χ2v) is 4.30. The van der Waals surface area contributed by atoms with Gasteiger partial charge in [-0.25, -0.2) is 0 Å². The number of hydrogen-bond donors (Lipinski definition) is 1. The van der Waals surface area contributed by atoms with E-state index in [1.54, 1.807) is 0 Å². The predicted molar refractivity (Wildman–Crippen MR) is 60.0 cm³/mol. The fourth-order valence-electron chi connectivity index (χ4n) is 1.59. The Morgan fingerprint density at radius 3 is 1.58 bits per heavy atom. The molecule has 0 unspecified atom stereocenters. The van der Waals surface area contributed by atoms with Crippen LogP contribution in [0.1, 0.15) is 47.5 Å². The van der Waals surface area contributed by atoms with Crippen molar-refractivity contribution in [3.05, 3.63) is 11.3 Å². The average Bonchev–Trinajstić information content (AvgIpc) is 2.29. The Morgan fingerprint density at radius 1 is 1.08 bits per heavy atom. The molecule has 1 nitrogen and oxygen atoms in total. The lowest BCUT2D eigenvalue weighted by molar-refractivity contribution is 0.584. The van der Waals surface area contributed by atoms with E-state index in [1.807, 2.05) is 13.8 Å². The summed E-state index contributed by atoms with van der Waals surface area (Å²) in [5.41, 5.74) is 2.85. The highest BCUT2D eigenvalue weighted by Crippen LogP contribution is 2.24. The maximum Gasteiger partial charge on any atom is 0.156 e. The van der Waals surface area contributed by atoms with Crippen molar-refractivity contribution in [3.63, 3.8) is 0 Å². The first-order valence-corrected chi connectivity index (χ1v) is 4.80. The molecule has 1 heteroatoms. The third kappa shape index (κ3) is 2.88. The minimum Gasteiger partial charge on any atom is -0.402 e. The van der Waals surface area contributed by atoms with Gasteiger partial charge in [-0.1, -0.05) is 41.5 Å². The van der Waals surface area contributed by atoms with Gasteiger partial charge in [-0.3, -0.25) is 0 Å². The first kappa shape index (κ1) is 6.06. The van der Waals surface area contributed by atoms with E-state index in [0.29, 0.717) is 11.8 Å². The van der Waals surface area contributed by atoms with E-state index in [9.17, 15) is 0 Å². The fourth-order valence-corrected chi connectivity index (χ4v) is 1.59. The molecule has 12 heavy (non-hydrogen) atoms. The minimum atomic E-state index is 0.241. The summed E-state index contributed by atoms with van der Waals surface area (Å²) in [6, 6.07) is 0. The number of hydrogen-bond acceptors (Lipinski definition) is 1. The van der Waals surface area contributed by atoms with Crippen LogP contribution in [0.4, 0.5) is 0 Å². The summed E-state index contributed by atoms with van der Waals surface area (Å²) in [7, 11) is 0. The Morgan fingerprint density at radius 2 is 1.50 bits per heavy atom. The summed E-state index contributed by atoms with van der Waals surface area (Å²) >= 11 is 0. The Bertz CT molecular complexity index is 172. The van der Waals surface area contributed by atoms with E-state index in [1.165, 1.54) is 5.57 Å². The molecule has 0 radical (unpaired) electrons. The summed E-state index contributed by atoms with van der Waals surface area (Å²) < 4.78 is 34.8. The van der Waals surface area contributed by atoms with Crippen molar-refractivity contribution in [3.8, 4) is 0 Å². The van der Waals surface area contributed by atoms with E-state index < -0.39 is 0 Å². The van der Waals surface area contributed by atoms with Crippen molar-refractivity contribution in [2.24, 2.45) is 23.5 Å². The summed E-state index contributed by atoms with van der Waals surface area (Å²) in [4.78, 5) is 0. The molecule has 0 amide bonds. The van der Waals surface area contributed by atoms with Gasteiger partial charge in [0, 0.05) is 11.6 Å². The molecule has 0 spiro atoms. The van der Waals surface area contributed by atoms with Gasteiger partial charge in [-0.2, -0.15) is 0 Å². The maximum atomic E-state index is 7.42. The molecule has 0 atom stereocenters. The smallest absolute Gasteiger partial charge is 0.156 e. The van der Waals surface area contributed by atoms with Crippen molar-refractivity contribution >= 4 is 0 Å². The van der Waals surface area contributed by atoms with Crippen LogP contribution in [0.5, 0.6) is 0 Å². The molecule has 76 valence electrons. The molecule has 0 bridgehead atoms. The topological polar surface area (TPSA) is 26.0 Å². The Kier molecular flexibility index (Phi) is 2.29. The fraction of sp³-hybridized carbons (Fsp3) is 0.818. The molecule has 0 aliphatic rings. The molecule has 2 N–H and O–H groups in total. The van der Waals surface area contributed by atoms with Gasteiger partial charge in [0.1, 0.15) is 0 Å². The van der Waals surface area contributed by atoms with Gasteiger partial charge in [0.2, 0.25) is 0 Å². The molecule has 0 fully saturated rings. The molecule has 0 rings (SSSR count). The summed E-state index contributed by atoms with van der Waals surface area (Å²) in [5.74, 6) is 1.06. The van der Waals surface area contributed by atoms with Crippen molar-refractivity contribution in [2.75, 3.05) is 0 Å². The lowest BCUT2D eigenvalue weighted by atomic mass is 9.88. The van der Waals surface area contributed by atoms with Gasteiger partial charge in [0.05, 0.1) is 0 Å². The molecule has 0 aliphatic carbocycles. The zero-order valence-corrected chi connectivity index (χ0v) is 9.18. The predicted octanol–water partition coefficient (Wildman–Crippen LogP) is 3.66. The highest BCUT2D eigenvalue weighted by atomic mass is 14.6. The van der Waals surface area contributed by atoms with Crippen LogP contribution in [-0.2, 0) is 0 Å². The third-order valence-corrected chi connectivity index (χ3v) is 2.09. The zero-order chi connectivity index (χ0) is 15.5. The Hall–Kier alpha value is -0.460. The van der Waals surface area contributed by atoms with Crippen LogP contribution in [0.3, 0.4) is 0 Å². The van der Waals surface area contributed by atoms with Gasteiger partial charge in [-0.05, 0) is 23.3 Å². The number of nitrogens with two attached hydrogens (primary N) is 1. The first-order chi connectivity index (χ1) is 8.29. The van der Waals surface area contributed by atoms with Crippen LogP contribution < -0.4 is 5.72 Å². The van der Waals surface area contributed by atoms with E-state index in [-0.39, 0.29) is 5.92 Å². The van der Waals surface area contributed by atoms with E-state index >= 15 is 0 Å². The van der Waals surface area contributed by atoms with Crippen molar-refractivity contribution in [1.29, 1.82) is 0 Å². The monoisotopic (exact) mass is 179 g/mol. The molecular formula is C11H27N. The van der Waals surface area contributed by atoms with Crippen molar-refractivity contribution < 1.29 is 8.76 Å². The molecule has 0 aromatic heterocycles. The molecule has 0 saturated heterocycles. The Labute approximate surface area is 86.1 Å². The SMILES string of the molecule is [2H]N([2H])C(=C(C(C)C)C(C)C)C(C)C.[2H][2H].[2H][2H]. The van der Waals surface area contributed by atoms with Crippen LogP contribution in [0.25, 0.3) is 0 Å². The second kappa shape index (κ2) is 4.54. The lowest BCUT2D eigenvalue weighted by Gasteiger charge is -2.21. The minimum absolute atomic E-state index is 0.241. The normalized spacial score (nSPS) is 14.8. The van der Waals surface area contributed by atoms with Gasteiger partial charge in [0.25, 0.3) is 0 Å². The van der Waals surface area contributed by atoms with Gasteiger partial charge >= 0.3 is 0 Å². The highest BCUT2D eigenvalue weighted by molar-refractivity contribution is 5.16. The molecule has 0 aromatic carbocycles. The summed E-state index contributed by atoms with van der Waals surface area (Å²) in [6.45, 7) is 12.6. The zero-order valence-electron chi connectivity index (χ0n) is 15.2. The molecule has 0 aliphatic heterocycles. The van der Waals surface area contributed by atoms with Crippen LogP contribution in [0, 0.1) is 17.8 Å². The molecule has 0 saturated carbocycles. The molecule has 0 heterocycles. The van der Waals surface area contributed by atoms with Crippen molar-refractivity contribution in [2.45, 2.75) is 41.5 Å². The van der Waals surface area contributed by atoms with Gasteiger partial charge in [-0.15, -0.1) is 0 Å². The second-order valence-electron chi connectivity index (χ2n) is 4.30. The van der Waals surface area contributed by atoms with E-state index in [2.05, 4.69) is 27.7 Å². The third-order valence-electron chi connectivity index (χ3n) is 2.09. The number of allylic oxidation sites excluding steroid dienone is 2. The summed E-state index contributed by atoms with van der Waals surface area (Å²) in [5, 5.41) is 0. The van der Waals surface area contributed by atoms with Crippen LogP contribution in [-0.4, -0.2) is 0 Å². The van der Waals surface area contributed by atoms with E-state index in [0.717, 1.165) is 11.4 Å². The number of rotatable bonds is 4. The molecular weight excluding hydrogens is 146 g/mol. The van der Waals surface area contributed by atoms with Gasteiger partial charge < -0.3 is 5.72 Å². The average molecular weight is 179 g/mol. The van der Waals surface area contributed by atoms with Crippen LogP contribution >= 0.6 is 0 Å². The largest absolute Gasteiger partial charge is 0.402 e. The Balaban J connectivity index is -0.000000506. The van der Waals surface area contributed by atoms with Crippen molar-refractivity contribution in [1.82, 2.24) is 0 Å².